The van der Waals surface area contributed by atoms with Gasteiger partial charge in [-0.25, -0.2) is 13.6 Å². The van der Waals surface area contributed by atoms with Crippen LogP contribution in [0.3, 0.4) is 0 Å². The van der Waals surface area contributed by atoms with E-state index in [0.717, 1.165) is 9.44 Å². The lowest BCUT2D eigenvalue weighted by atomic mass is 11.2. The number of rotatable bonds is 8. The Labute approximate surface area is 182 Å². The van der Waals surface area contributed by atoms with E-state index >= 15 is 0 Å². The first kappa shape index (κ1) is 30.4. The number of hydrogen-bond donors (Lipinski definition) is 2. The molecule has 0 aromatic heterocycles. The number of carbonyl (C=O) groups excluding carboxylic acids is 1. The fourth-order valence-electron chi connectivity index (χ4n) is 0.913. The average Bonchev–Trinajstić information content (AvgIpc) is 2.34. The molecule has 2 amide bonds. The minimum Gasteiger partial charge on any atom is -0.277 e. The summed E-state index contributed by atoms with van der Waals surface area (Å²) in [4.78, 5) is 11.2. The molecule has 0 aromatic rings. The van der Waals surface area contributed by atoms with Gasteiger partial charge in [0.15, 0.2) is 0 Å². The fraction of sp³-hybridized carbons (Fsp3) is 0.857. The molecule has 3 nitrogen and oxygen atoms in total. The first-order valence-electron chi connectivity index (χ1n) is 5.80. The summed E-state index contributed by atoms with van der Waals surface area (Å²) >= 11 is -9.86. The quantitative estimate of drug-likeness (QED) is 0.171. The van der Waals surface area contributed by atoms with E-state index in [2.05, 4.69) is 0 Å². The predicted octanol–water partition coefficient (Wildman–Crippen LogP) is 7.76. The van der Waals surface area contributed by atoms with Crippen molar-refractivity contribution in [2.24, 2.45) is 0 Å². The molecule has 2 N–H and O–H groups in total. The second-order valence-electron chi connectivity index (χ2n) is 3.89. The van der Waals surface area contributed by atoms with Gasteiger partial charge in [-0.1, -0.05) is 0 Å². The predicted molar refractivity (Wildman–Crippen MR) is 89.1 cm³/mol. The van der Waals surface area contributed by atoms with E-state index in [4.69, 9.17) is 0 Å². The minimum atomic E-state index is -5.59. The highest BCUT2D eigenvalue weighted by atomic mass is 32.3. The monoisotopic (exact) mass is 588 g/mol. The summed E-state index contributed by atoms with van der Waals surface area (Å²) < 4.78 is 167. The van der Waals surface area contributed by atoms with E-state index < -0.39 is 106 Å². The molecule has 23 heteroatoms. The van der Waals surface area contributed by atoms with Gasteiger partial charge in [0.05, 0.1) is 0 Å². The van der Waals surface area contributed by atoms with E-state index in [9.17, 15) is 66.3 Å². The third-order valence-electron chi connectivity index (χ3n) is 1.48. The average molecular weight is 588 g/mol. The zero-order valence-electron chi connectivity index (χ0n) is 12.6. The van der Waals surface area contributed by atoms with Crippen molar-refractivity contribution in [2.75, 3.05) is 0 Å². The maximum atomic E-state index is 13.9. The summed E-state index contributed by atoms with van der Waals surface area (Å²) in [5, 5.41) is 0. The number of alkyl halides is 14. The van der Waals surface area contributed by atoms with Crippen LogP contribution in [-0.4, -0.2) is 35.4 Å². The summed E-state index contributed by atoms with van der Waals surface area (Å²) in [5.41, 5.74) is -22.4. The van der Waals surface area contributed by atoms with Gasteiger partial charge < -0.3 is 0 Å². The van der Waals surface area contributed by atoms with Gasteiger partial charge >= 0.3 is 28.1 Å². The van der Waals surface area contributed by atoms with Gasteiger partial charge in [0.2, 0.25) is 0 Å². The largest absolute Gasteiger partial charge is 0.446 e. The first-order valence-corrected chi connectivity index (χ1v) is 10.7. The second-order valence-corrected chi connectivity index (χ2v) is 12.3. The first-order chi connectivity index (χ1) is 12.9. The number of urea groups is 1. The van der Waals surface area contributed by atoms with Crippen LogP contribution < -0.4 is 9.44 Å². The molecule has 0 atom stereocenters. The standard InChI is InChI=1S/C7H2F14N2OS6/c8-2(9,10)25-6(20,26-3(11,12)13)29-22-1(24)23-30-7(21,27-4(14,15)16)28-5(17,18)19/h(H2,22,23,24). The highest BCUT2D eigenvalue weighted by Crippen LogP contribution is 2.59. The molecule has 0 fully saturated rings. The lowest BCUT2D eigenvalue weighted by molar-refractivity contribution is -0.0382. The van der Waals surface area contributed by atoms with Crippen molar-refractivity contribution < 1.29 is 66.3 Å². The van der Waals surface area contributed by atoms with Gasteiger partial charge in [-0.2, -0.15) is 52.7 Å². The van der Waals surface area contributed by atoms with Crippen LogP contribution in [0.4, 0.5) is 66.3 Å². The molecule has 0 saturated carbocycles. The Kier molecular flexibility index (Phi) is 10.7. The van der Waals surface area contributed by atoms with E-state index in [1.54, 1.807) is 0 Å². The Hall–Kier alpha value is 0.390. The zero-order valence-corrected chi connectivity index (χ0v) is 17.5. The molecule has 0 aliphatic heterocycles. The number of thioether (sulfide) groups is 4. The molecule has 0 unspecified atom stereocenters. The second kappa shape index (κ2) is 10.5. The lowest BCUT2D eigenvalue weighted by Crippen LogP contribution is -2.34. The smallest absolute Gasteiger partial charge is 0.277 e. The molecule has 0 rings (SSSR count). The normalized spacial score (nSPS) is 14.6. The van der Waals surface area contributed by atoms with Crippen molar-refractivity contribution in [3.8, 4) is 0 Å². The van der Waals surface area contributed by atoms with E-state index in [1.165, 1.54) is 0 Å². The molecule has 0 spiro atoms. The Morgan fingerprint density at radius 3 is 0.833 bits per heavy atom. The third kappa shape index (κ3) is 16.1. The molecule has 180 valence electrons. The maximum Gasteiger partial charge on any atom is 0.446 e. The van der Waals surface area contributed by atoms with Gasteiger partial charge in [0.1, 0.15) is 0 Å². The summed E-state index contributed by atoms with van der Waals surface area (Å²) in [7, 11) is 0. The zero-order chi connectivity index (χ0) is 24.2. The van der Waals surface area contributed by atoms with Gasteiger partial charge in [-0.05, 0) is 0 Å². The molecular weight excluding hydrogens is 586 g/mol. The van der Waals surface area contributed by atoms with Crippen molar-refractivity contribution in [2.45, 2.75) is 29.4 Å². The van der Waals surface area contributed by atoms with Crippen LogP contribution in [0.5, 0.6) is 0 Å². The summed E-state index contributed by atoms with van der Waals surface area (Å²) in [5.74, 6) is 0. The number of nitrogens with one attached hydrogen (secondary N) is 2. The van der Waals surface area contributed by atoms with Crippen LogP contribution in [0.2, 0.25) is 0 Å². The van der Waals surface area contributed by atoms with Crippen molar-refractivity contribution in [3.63, 3.8) is 0 Å². The Balaban J connectivity index is 5.12. The Morgan fingerprint density at radius 2 is 0.667 bits per heavy atom. The molecule has 0 saturated heterocycles. The number of carbonyl (C=O) groups is 1. The molecule has 30 heavy (non-hydrogen) atoms. The Bertz CT molecular complexity index is 495. The highest BCUT2D eigenvalue weighted by Gasteiger charge is 2.54. The summed E-state index contributed by atoms with van der Waals surface area (Å²) in [6.45, 7) is 0. The van der Waals surface area contributed by atoms with Crippen LogP contribution in [0.15, 0.2) is 0 Å². The number of amides is 2. The van der Waals surface area contributed by atoms with Crippen molar-refractivity contribution in [1.29, 1.82) is 0 Å². The van der Waals surface area contributed by atoms with Crippen LogP contribution in [0, 0.1) is 0 Å². The third-order valence-corrected chi connectivity index (χ3v) is 7.45. The molecule has 0 bridgehead atoms. The van der Waals surface area contributed by atoms with Crippen molar-refractivity contribution in [3.05, 3.63) is 0 Å². The number of hydrogen-bond acceptors (Lipinski definition) is 7. The Morgan fingerprint density at radius 1 is 0.467 bits per heavy atom. The van der Waals surface area contributed by atoms with Crippen LogP contribution in [0.25, 0.3) is 0 Å². The molecule has 0 aromatic carbocycles. The summed E-state index contributed by atoms with van der Waals surface area (Å²) in [6, 6.07) is -2.11. The van der Waals surface area contributed by atoms with Gasteiger partial charge in [-0.3, -0.25) is 9.44 Å². The molecule has 0 aliphatic rings. The minimum absolute atomic E-state index is 0.948. The van der Waals surface area contributed by atoms with E-state index in [1.807, 2.05) is 0 Å². The van der Waals surface area contributed by atoms with Gasteiger partial charge in [0.25, 0.3) is 7.33 Å². The van der Waals surface area contributed by atoms with Gasteiger partial charge in [0, 0.05) is 70.9 Å². The maximum absolute atomic E-state index is 13.9. The lowest BCUT2D eigenvalue weighted by Gasteiger charge is -2.26. The van der Waals surface area contributed by atoms with Crippen molar-refractivity contribution in [1.82, 2.24) is 9.44 Å². The van der Waals surface area contributed by atoms with Crippen LogP contribution >= 0.6 is 70.9 Å². The number of halogens is 14. The van der Waals surface area contributed by atoms with Crippen LogP contribution in [0.1, 0.15) is 0 Å². The summed E-state index contributed by atoms with van der Waals surface area (Å²) in [6.07, 6.45) is 0. The molecule has 0 heterocycles. The fourth-order valence-corrected chi connectivity index (χ4v) is 6.38. The van der Waals surface area contributed by atoms with Gasteiger partial charge in [-0.15, -0.1) is 0 Å². The topological polar surface area (TPSA) is 41.1 Å². The van der Waals surface area contributed by atoms with Crippen molar-refractivity contribution >= 4 is 77.0 Å². The SMILES string of the molecule is O=C(NSC(F)(SC(F)(F)F)SC(F)(F)F)NSC(F)(SC(F)(F)F)SC(F)(F)F. The van der Waals surface area contributed by atoms with Crippen LogP contribution in [-0.2, 0) is 0 Å². The van der Waals surface area contributed by atoms with E-state index in [-0.39, 0.29) is 0 Å². The van der Waals surface area contributed by atoms with E-state index in [0.29, 0.717) is 0 Å². The molecular formula is C7H2F14N2OS6. The molecule has 0 aliphatic carbocycles. The highest BCUT2D eigenvalue weighted by molar-refractivity contribution is 8.34. The molecule has 0 radical (unpaired) electrons.